The molecule has 0 saturated carbocycles. The first kappa shape index (κ1) is 19.6. The Balaban J connectivity index is 1.93. The van der Waals surface area contributed by atoms with Crippen LogP contribution in [0.4, 0.5) is 4.39 Å². The molecule has 0 bridgehead atoms. The second-order valence-electron chi connectivity index (χ2n) is 7.35. The first-order chi connectivity index (χ1) is 14.4. The van der Waals surface area contributed by atoms with E-state index in [1.165, 1.54) is 29.4 Å². The lowest BCUT2D eigenvalue weighted by Crippen LogP contribution is -2.29. The molecule has 1 atom stereocenters. The molecule has 1 unspecified atom stereocenters. The number of rotatable bonds is 4. The average Bonchev–Trinajstić information content (AvgIpc) is 3.32. The minimum absolute atomic E-state index is 0.0276. The number of halogens is 1. The first-order valence-corrected chi connectivity index (χ1v) is 9.51. The van der Waals surface area contributed by atoms with Gasteiger partial charge in [0, 0.05) is 11.1 Å². The van der Waals surface area contributed by atoms with Crippen molar-refractivity contribution in [3.05, 3.63) is 100 Å². The van der Waals surface area contributed by atoms with Gasteiger partial charge in [-0.15, -0.1) is 0 Å². The molecule has 1 aromatic heterocycles. The molecule has 152 valence electrons. The lowest BCUT2D eigenvalue weighted by Gasteiger charge is -2.25. The van der Waals surface area contributed by atoms with E-state index in [9.17, 15) is 19.1 Å². The van der Waals surface area contributed by atoms with Crippen LogP contribution in [-0.4, -0.2) is 21.7 Å². The number of aryl methyl sites for hydroxylation is 2. The van der Waals surface area contributed by atoms with Crippen LogP contribution in [0, 0.1) is 19.7 Å². The molecule has 0 spiro atoms. The minimum atomic E-state index is -1.07. The second-order valence-corrected chi connectivity index (χ2v) is 7.35. The number of aliphatic hydroxyl groups is 1. The van der Waals surface area contributed by atoms with Gasteiger partial charge in [-0.1, -0.05) is 35.9 Å². The summed E-state index contributed by atoms with van der Waals surface area (Å²) in [5, 5.41) is 11.1. The van der Waals surface area contributed by atoms with Crippen LogP contribution in [0.2, 0.25) is 0 Å². The van der Waals surface area contributed by atoms with Crippen molar-refractivity contribution in [2.45, 2.75) is 26.4 Å². The van der Waals surface area contributed by atoms with E-state index in [0.29, 0.717) is 11.3 Å². The number of carbonyl (C=O) groups excluding carboxylic acids is 2. The number of hydrogen-bond acceptors (Lipinski definition) is 4. The van der Waals surface area contributed by atoms with Crippen LogP contribution < -0.4 is 0 Å². The monoisotopic (exact) mass is 405 g/mol. The van der Waals surface area contributed by atoms with Crippen molar-refractivity contribution in [1.29, 1.82) is 0 Å². The average molecular weight is 405 g/mol. The van der Waals surface area contributed by atoms with Gasteiger partial charge in [-0.3, -0.25) is 9.59 Å². The molecule has 3 aromatic rings. The Morgan fingerprint density at radius 3 is 2.57 bits per heavy atom. The standard InChI is InChI=1S/C24H20FNO4/c1-14-9-10-15(2)18(12-14)22(27)20-21(17-7-3-4-8-19(17)25)26(24(29)23(20)28)13-16-6-5-11-30-16/h3-12,21,27H,13H2,1-2H3. The molecule has 1 aliphatic heterocycles. The summed E-state index contributed by atoms with van der Waals surface area (Å²) in [7, 11) is 0. The third kappa shape index (κ3) is 3.30. The highest BCUT2D eigenvalue weighted by molar-refractivity contribution is 6.46. The van der Waals surface area contributed by atoms with E-state index in [1.807, 2.05) is 19.1 Å². The van der Waals surface area contributed by atoms with Gasteiger partial charge < -0.3 is 14.4 Å². The van der Waals surface area contributed by atoms with Gasteiger partial charge in [-0.2, -0.15) is 0 Å². The van der Waals surface area contributed by atoms with Crippen LogP contribution in [0.5, 0.6) is 0 Å². The van der Waals surface area contributed by atoms with Gasteiger partial charge in [0.05, 0.1) is 24.4 Å². The number of furan rings is 1. The van der Waals surface area contributed by atoms with Crippen molar-refractivity contribution in [2.75, 3.05) is 0 Å². The number of carbonyl (C=O) groups is 2. The second kappa shape index (κ2) is 7.63. The molecular weight excluding hydrogens is 385 g/mol. The molecule has 30 heavy (non-hydrogen) atoms. The summed E-state index contributed by atoms with van der Waals surface area (Å²) in [5.41, 5.74) is 2.06. The molecule has 0 aliphatic carbocycles. The number of benzene rings is 2. The maximum Gasteiger partial charge on any atom is 0.296 e. The quantitative estimate of drug-likeness (QED) is 0.389. The van der Waals surface area contributed by atoms with E-state index in [-0.39, 0.29) is 23.4 Å². The van der Waals surface area contributed by atoms with Gasteiger partial charge >= 0.3 is 0 Å². The minimum Gasteiger partial charge on any atom is -0.507 e. The van der Waals surface area contributed by atoms with E-state index < -0.39 is 23.5 Å². The lowest BCUT2D eigenvalue weighted by atomic mass is 9.93. The molecule has 2 heterocycles. The van der Waals surface area contributed by atoms with Crippen LogP contribution in [0.15, 0.2) is 70.9 Å². The van der Waals surface area contributed by atoms with Crippen LogP contribution in [0.1, 0.15) is 34.1 Å². The van der Waals surface area contributed by atoms with Gasteiger partial charge in [-0.05, 0) is 43.7 Å². The smallest absolute Gasteiger partial charge is 0.296 e. The van der Waals surface area contributed by atoms with Gasteiger partial charge in [0.25, 0.3) is 11.7 Å². The Morgan fingerprint density at radius 1 is 1.10 bits per heavy atom. The SMILES string of the molecule is Cc1ccc(C)c(C(O)=C2C(=O)C(=O)N(Cc3ccco3)C2c2ccccc2F)c1. The number of aliphatic hydroxyl groups excluding tert-OH is 1. The summed E-state index contributed by atoms with van der Waals surface area (Å²) in [6, 6.07) is 13.6. The van der Waals surface area contributed by atoms with Crippen LogP contribution in [0.25, 0.3) is 5.76 Å². The molecule has 5 nitrogen and oxygen atoms in total. The predicted octanol–water partition coefficient (Wildman–Crippen LogP) is 4.66. The fourth-order valence-electron chi connectivity index (χ4n) is 3.77. The molecule has 2 aromatic carbocycles. The third-order valence-electron chi connectivity index (χ3n) is 5.29. The van der Waals surface area contributed by atoms with Gasteiger partial charge in [0.15, 0.2) is 0 Å². The summed E-state index contributed by atoms with van der Waals surface area (Å²) in [4.78, 5) is 27.1. The molecule has 1 saturated heterocycles. The predicted molar refractivity (Wildman–Crippen MR) is 109 cm³/mol. The zero-order valence-corrected chi connectivity index (χ0v) is 16.6. The number of Topliss-reactive ketones (excluding diaryl/α,β-unsaturated/α-hetero) is 1. The largest absolute Gasteiger partial charge is 0.507 e. The number of ketones is 1. The molecule has 1 amide bonds. The fraction of sp³-hybridized carbons (Fsp3) is 0.167. The summed E-state index contributed by atoms with van der Waals surface area (Å²) >= 11 is 0. The summed E-state index contributed by atoms with van der Waals surface area (Å²) in [6.45, 7) is 3.63. The molecule has 1 fully saturated rings. The zero-order valence-electron chi connectivity index (χ0n) is 16.6. The molecule has 4 rings (SSSR count). The maximum absolute atomic E-state index is 14.8. The Labute approximate surface area is 173 Å². The van der Waals surface area contributed by atoms with Crippen molar-refractivity contribution in [3.8, 4) is 0 Å². The lowest BCUT2D eigenvalue weighted by molar-refractivity contribution is -0.140. The summed E-state index contributed by atoms with van der Waals surface area (Å²) < 4.78 is 20.1. The van der Waals surface area contributed by atoms with Gasteiger partial charge in [-0.25, -0.2) is 4.39 Å². The highest BCUT2D eigenvalue weighted by Crippen LogP contribution is 2.41. The topological polar surface area (TPSA) is 70.8 Å². The number of amides is 1. The van der Waals surface area contributed by atoms with Crippen molar-refractivity contribution in [2.24, 2.45) is 0 Å². The van der Waals surface area contributed by atoms with Gasteiger partial charge in [0.2, 0.25) is 0 Å². The van der Waals surface area contributed by atoms with Crippen molar-refractivity contribution >= 4 is 17.4 Å². The van der Waals surface area contributed by atoms with Gasteiger partial charge in [0.1, 0.15) is 17.3 Å². The number of likely N-dealkylation sites (tertiary alicyclic amines) is 1. The molecule has 6 heteroatoms. The van der Waals surface area contributed by atoms with E-state index in [4.69, 9.17) is 4.42 Å². The van der Waals surface area contributed by atoms with E-state index in [0.717, 1.165) is 11.1 Å². The van der Waals surface area contributed by atoms with E-state index >= 15 is 0 Å². The van der Waals surface area contributed by atoms with Crippen molar-refractivity contribution in [1.82, 2.24) is 4.90 Å². The Morgan fingerprint density at radius 2 is 1.87 bits per heavy atom. The Bertz CT molecular complexity index is 1160. The molecular formula is C24H20FNO4. The molecule has 1 aliphatic rings. The number of nitrogens with zero attached hydrogens (tertiary/aromatic N) is 1. The highest BCUT2D eigenvalue weighted by atomic mass is 19.1. The third-order valence-corrected chi connectivity index (χ3v) is 5.29. The Kier molecular flexibility index (Phi) is 4.99. The van der Waals surface area contributed by atoms with Crippen molar-refractivity contribution < 1.29 is 23.5 Å². The van der Waals surface area contributed by atoms with Crippen molar-refractivity contribution in [3.63, 3.8) is 0 Å². The zero-order chi connectivity index (χ0) is 21.4. The number of hydrogen-bond donors (Lipinski definition) is 1. The summed E-state index contributed by atoms with van der Waals surface area (Å²) in [6.07, 6.45) is 1.46. The summed E-state index contributed by atoms with van der Waals surface area (Å²) in [5.74, 6) is -2.10. The van der Waals surface area contributed by atoms with E-state index in [1.54, 1.807) is 31.2 Å². The molecule has 1 N–H and O–H groups in total. The first-order valence-electron chi connectivity index (χ1n) is 9.51. The normalized spacial score (nSPS) is 18.2. The van der Waals surface area contributed by atoms with Crippen LogP contribution in [-0.2, 0) is 16.1 Å². The molecule has 0 radical (unpaired) electrons. The Hall–Kier alpha value is -3.67. The maximum atomic E-state index is 14.8. The fourth-order valence-corrected chi connectivity index (χ4v) is 3.77. The van der Waals surface area contributed by atoms with E-state index in [2.05, 4.69) is 0 Å². The van der Waals surface area contributed by atoms with Crippen LogP contribution in [0.3, 0.4) is 0 Å². The highest BCUT2D eigenvalue weighted by Gasteiger charge is 2.47. The van der Waals surface area contributed by atoms with Crippen LogP contribution >= 0.6 is 0 Å².